The Kier molecular flexibility index (Phi) is 7.20. The molecule has 0 aromatic rings. The SMILES string of the molecule is CC[C@H](C)C(=O)O[C@@H]1C[C@H](C)C=C2C=C(C)C[C@@H](CCC3C[C@H](O)CC(=O)O3)[C@@H]21. The van der Waals surface area contributed by atoms with Gasteiger partial charge in [0.2, 0.25) is 0 Å². The number of carbonyl (C=O) groups is 2. The van der Waals surface area contributed by atoms with Crippen LogP contribution in [0.2, 0.25) is 0 Å². The van der Waals surface area contributed by atoms with Gasteiger partial charge in [-0.2, -0.15) is 0 Å². The first-order valence-electron chi connectivity index (χ1n) is 11.2. The number of hydrogen-bond acceptors (Lipinski definition) is 5. The second-order valence-electron chi connectivity index (χ2n) is 9.43. The van der Waals surface area contributed by atoms with Crippen LogP contribution in [0.3, 0.4) is 0 Å². The van der Waals surface area contributed by atoms with E-state index < -0.39 is 6.10 Å². The normalized spacial score (nSPS) is 35.7. The topological polar surface area (TPSA) is 72.8 Å². The Hall–Kier alpha value is -1.62. The zero-order valence-electron chi connectivity index (χ0n) is 18.2. The minimum atomic E-state index is -0.593. The Balaban J connectivity index is 1.73. The van der Waals surface area contributed by atoms with Gasteiger partial charge < -0.3 is 14.6 Å². The van der Waals surface area contributed by atoms with E-state index in [-0.39, 0.29) is 42.4 Å². The van der Waals surface area contributed by atoms with Gasteiger partial charge in [0.25, 0.3) is 0 Å². The fourth-order valence-electron chi connectivity index (χ4n) is 5.11. The number of esters is 2. The van der Waals surface area contributed by atoms with Gasteiger partial charge in [-0.05, 0) is 56.4 Å². The molecule has 0 spiro atoms. The lowest BCUT2D eigenvalue weighted by molar-refractivity contribution is -0.162. The van der Waals surface area contributed by atoms with Crippen LogP contribution in [0.15, 0.2) is 23.3 Å². The summed E-state index contributed by atoms with van der Waals surface area (Å²) in [5.41, 5.74) is 2.64. The molecule has 0 aromatic heterocycles. The third kappa shape index (κ3) is 5.50. The number of hydrogen-bond donors (Lipinski definition) is 1. The maximum absolute atomic E-state index is 12.5. The van der Waals surface area contributed by atoms with E-state index in [0.29, 0.717) is 18.3 Å². The first-order chi connectivity index (χ1) is 13.8. The lowest BCUT2D eigenvalue weighted by atomic mass is 9.67. The van der Waals surface area contributed by atoms with Crippen molar-refractivity contribution in [2.45, 2.75) is 91.0 Å². The summed E-state index contributed by atoms with van der Waals surface area (Å²) in [6.45, 7) is 8.28. The highest BCUT2D eigenvalue weighted by Crippen LogP contribution is 2.45. The van der Waals surface area contributed by atoms with Crippen LogP contribution < -0.4 is 0 Å². The van der Waals surface area contributed by atoms with Crippen LogP contribution in [-0.4, -0.2) is 35.4 Å². The van der Waals surface area contributed by atoms with Crippen molar-refractivity contribution in [3.05, 3.63) is 23.3 Å². The van der Waals surface area contributed by atoms with E-state index in [1.165, 1.54) is 11.1 Å². The van der Waals surface area contributed by atoms with Gasteiger partial charge in [0.05, 0.1) is 18.4 Å². The molecule has 5 nitrogen and oxygen atoms in total. The minimum absolute atomic E-state index is 0.0814. The van der Waals surface area contributed by atoms with Crippen LogP contribution in [0.5, 0.6) is 0 Å². The summed E-state index contributed by atoms with van der Waals surface area (Å²) in [5.74, 6) is 0.454. The fourth-order valence-corrected chi connectivity index (χ4v) is 5.11. The van der Waals surface area contributed by atoms with Crippen LogP contribution in [0, 0.1) is 23.7 Å². The summed E-state index contributed by atoms with van der Waals surface area (Å²) in [7, 11) is 0. The fraction of sp³-hybridized carbons (Fsp3) is 0.750. The largest absolute Gasteiger partial charge is 0.462 e. The van der Waals surface area contributed by atoms with Gasteiger partial charge in [-0.25, -0.2) is 0 Å². The number of allylic oxidation sites excluding steroid dienone is 3. The molecule has 1 N–H and O–H groups in total. The highest BCUT2D eigenvalue weighted by molar-refractivity contribution is 5.72. The highest BCUT2D eigenvalue weighted by atomic mass is 16.5. The molecule has 29 heavy (non-hydrogen) atoms. The number of ether oxygens (including phenoxy) is 2. The average molecular weight is 405 g/mol. The van der Waals surface area contributed by atoms with E-state index in [0.717, 1.165) is 32.1 Å². The van der Waals surface area contributed by atoms with Crippen LogP contribution >= 0.6 is 0 Å². The van der Waals surface area contributed by atoms with E-state index in [1.807, 2.05) is 13.8 Å². The van der Waals surface area contributed by atoms with Crippen molar-refractivity contribution in [3.63, 3.8) is 0 Å². The monoisotopic (exact) mass is 404 g/mol. The van der Waals surface area contributed by atoms with Gasteiger partial charge in [0.15, 0.2) is 0 Å². The predicted molar refractivity (Wildman–Crippen MR) is 111 cm³/mol. The van der Waals surface area contributed by atoms with Crippen molar-refractivity contribution in [2.24, 2.45) is 23.7 Å². The van der Waals surface area contributed by atoms with Crippen LogP contribution in [0.25, 0.3) is 0 Å². The molecule has 1 heterocycles. The Morgan fingerprint density at radius 1 is 1.31 bits per heavy atom. The zero-order valence-corrected chi connectivity index (χ0v) is 18.2. The van der Waals surface area contributed by atoms with Crippen LogP contribution in [-0.2, 0) is 19.1 Å². The van der Waals surface area contributed by atoms with Gasteiger partial charge >= 0.3 is 11.9 Å². The quantitative estimate of drug-likeness (QED) is 0.667. The van der Waals surface area contributed by atoms with E-state index in [1.54, 1.807) is 0 Å². The highest BCUT2D eigenvalue weighted by Gasteiger charge is 2.40. The smallest absolute Gasteiger partial charge is 0.308 e. The molecule has 3 aliphatic rings. The van der Waals surface area contributed by atoms with Crippen molar-refractivity contribution in [2.75, 3.05) is 0 Å². The van der Waals surface area contributed by atoms with Crippen LogP contribution in [0.4, 0.5) is 0 Å². The number of rotatable bonds is 6. The van der Waals surface area contributed by atoms with Crippen molar-refractivity contribution in [1.82, 2.24) is 0 Å². The average Bonchev–Trinajstić information content (AvgIpc) is 2.63. The number of aliphatic hydroxyl groups excluding tert-OH is 1. The number of cyclic esters (lactones) is 1. The number of aliphatic hydroxyl groups is 1. The van der Waals surface area contributed by atoms with Gasteiger partial charge in [-0.15, -0.1) is 0 Å². The first kappa shape index (κ1) is 22.1. The molecule has 5 heteroatoms. The zero-order chi connectivity index (χ0) is 21.1. The summed E-state index contributed by atoms with van der Waals surface area (Å²) in [6.07, 6.45) is 8.56. The second kappa shape index (κ2) is 9.46. The van der Waals surface area contributed by atoms with Gasteiger partial charge in [0, 0.05) is 12.3 Å². The first-order valence-corrected chi connectivity index (χ1v) is 11.2. The van der Waals surface area contributed by atoms with Gasteiger partial charge in [-0.1, -0.05) is 38.5 Å². The molecule has 0 radical (unpaired) electrons. The molecule has 1 aliphatic heterocycles. The second-order valence-corrected chi connectivity index (χ2v) is 9.43. The third-order valence-electron chi connectivity index (χ3n) is 6.75. The maximum atomic E-state index is 12.5. The molecule has 0 saturated carbocycles. The van der Waals surface area contributed by atoms with E-state index in [9.17, 15) is 14.7 Å². The molecular formula is C24H36O5. The molecule has 1 unspecified atom stereocenters. The predicted octanol–water partition coefficient (Wildman–Crippen LogP) is 4.34. The van der Waals surface area contributed by atoms with Gasteiger partial charge in [0.1, 0.15) is 12.2 Å². The summed E-state index contributed by atoms with van der Waals surface area (Å²) >= 11 is 0. The van der Waals surface area contributed by atoms with Crippen molar-refractivity contribution >= 4 is 11.9 Å². The molecule has 1 fully saturated rings. The molecule has 162 valence electrons. The summed E-state index contributed by atoms with van der Waals surface area (Å²) in [6, 6.07) is 0. The molecule has 3 rings (SSSR count). The van der Waals surface area contributed by atoms with Crippen molar-refractivity contribution in [3.8, 4) is 0 Å². The number of carbonyl (C=O) groups excluding carboxylic acids is 2. The molecule has 0 bridgehead atoms. The lowest BCUT2D eigenvalue weighted by Gasteiger charge is -2.42. The molecule has 0 aromatic carbocycles. The van der Waals surface area contributed by atoms with E-state index in [2.05, 4.69) is 26.0 Å². The van der Waals surface area contributed by atoms with E-state index in [4.69, 9.17) is 9.47 Å². The summed E-state index contributed by atoms with van der Waals surface area (Å²) < 4.78 is 11.5. The van der Waals surface area contributed by atoms with Crippen molar-refractivity contribution < 1.29 is 24.2 Å². The molecule has 1 saturated heterocycles. The Morgan fingerprint density at radius 2 is 2.07 bits per heavy atom. The summed E-state index contributed by atoms with van der Waals surface area (Å²) in [5, 5.41) is 9.89. The summed E-state index contributed by atoms with van der Waals surface area (Å²) in [4.78, 5) is 24.2. The number of fused-ring (bicyclic) bond motifs is 1. The van der Waals surface area contributed by atoms with Crippen LogP contribution in [0.1, 0.15) is 72.6 Å². The maximum Gasteiger partial charge on any atom is 0.308 e. The lowest BCUT2D eigenvalue weighted by Crippen LogP contribution is -2.40. The molecular weight excluding hydrogens is 368 g/mol. The molecule has 0 amide bonds. The molecule has 2 aliphatic carbocycles. The van der Waals surface area contributed by atoms with Gasteiger partial charge in [-0.3, -0.25) is 9.59 Å². The Labute approximate surface area is 174 Å². The Bertz CT molecular complexity index is 679. The molecule has 7 atom stereocenters. The Morgan fingerprint density at radius 3 is 2.76 bits per heavy atom. The minimum Gasteiger partial charge on any atom is -0.462 e. The van der Waals surface area contributed by atoms with E-state index >= 15 is 0 Å². The van der Waals surface area contributed by atoms with Crippen molar-refractivity contribution in [1.29, 1.82) is 0 Å². The standard InChI is InChI=1S/C24H36O5/c1-5-16(4)24(27)29-21-11-15(3)10-18-9-14(2)8-17(23(18)21)6-7-20-12-19(25)13-22(26)28-20/h9-10,15-17,19-21,23,25H,5-8,11-13H2,1-4H3/t15-,16+,17-,19+,20?,21-,23+/m1/s1. The third-order valence-corrected chi connectivity index (χ3v) is 6.75.